The first-order valence-corrected chi connectivity index (χ1v) is 5.15. The Morgan fingerprint density at radius 2 is 2.12 bits per heavy atom. The Bertz CT molecular complexity index is 536. The van der Waals surface area contributed by atoms with E-state index in [0.717, 1.165) is 0 Å². The Morgan fingerprint density at radius 1 is 1.29 bits per heavy atom. The average Bonchev–Trinajstić information content (AvgIpc) is 2.34. The van der Waals surface area contributed by atoms with E-state index in [1.807, 2.05) is 0 Å². The first-order chi connectivity index (χ1) is 8.19. The molecule has 0 atom stereocenters. The molecule has 0 aliphatic heterocycles. The predicted molar refractivity (Wildman–Crippen MR) is 63.3 cm³/mol. The van der Waals surface area contributed by atoms with E-state index in [0.29, 0.717) is 17.4 Å². The van der Waals surface area contributed by atoms with Crippen LogP contribution < -0.4 is 10.1 Å². The number of nitrogens with zero attached hydrogens (tertiary/aromatic N) is 2. The van der Waals surface area contributed by atoms with Crippen LogP contribution in [0.25, 0.3) is 0 Å². The number of anilines is 2. The molecule has 0 fully saturated rings. The zero-order chi connectivity index (χ0) is 12.3. The summed E-state index contributed by atoms with van der Waals surface area (Å²) >= 11 is 5.67. The molecule has 4 nitrogen and oxygen atoms in total. The van der Waals surface area contributed by atoms with Crippen molar-refractivity contribution in [2.75, 3.05) is 12.4 Å². The van der Waals surface area contributed by atoms with Crippen molar-refractivity contribution < 1.29 is 9.13 Å². The molecule has 0 unspecified atom stereocenters. The molecular weight excluding hydrogens is 245 g/mol. The average molecular weight is 254 g/mol. The highest BCUT2D eigenvalue weighted by atomic mass is 35.5. The van der Waals surface area contributed by atoms with Crippen LogP contribution in [0.4, 0.5) is 15.9 Å². The highest BCUT2D eigenvalue weighted by Gasteiger charge is 2.03. The van der Waals surface area contributed by atoms with Crippen LogP contribution in [0.15, 0.2) is 30.6 Å². The molecule has 0 aliphatic rings. The lowest BCUT2D eigenvalue weighted by molar-refractivity contribution is 0.397. The number of ether oxygens (including phenoxy) is 1. The van der Waals surface area contributed by atoms with Crippen LogP contribution in [0.3, 0.4) is 0 Å². The van der Waals surface area contributed by atoms with Crippen molar-refractivity contribution in [2.45, 2.75) is 0 Å². The number of nitrogens with one attached hydrogen (secondary N) is 1. The molecular formula is C11H9ClFN3O. The second-order valence-corrected chi connectivity index (χ2v) is 3.61. The number of hydrogen-bond acceptors (Lipinski definition) is 4. The van der Waals surface area contributed by atoms with Crippen molar-refractivity contribution in [3.63, 3.8) is 0 Å². The molecule has 6 heteroatoms. The molecule has 1 heterocycles. The van der Waals surface area contributed by atoms with Gasteiger partial charge >= 0.3 is 0 Å². The van der Waals surface area contributed by atoms with E-state index < -0.39 is 5.82 Å². The van der Waals surface area contributed by atoms with E-state index in [2.05, 4.69) is 15.3 Å². The minimum absolute atomic E-state index is 0.0519. The maximum atomic E-state index is 13.0. The van der Waals surface area contributed by atoms with Gasteiger partial charge in [-0.1, -0.05) is 11.6 Å². The SMILES string of the molecule is COc1cc(Nc2ccc(F)c(Cl)c2)ncn1. The molecule has 0 amide bonds. The summed E-state index contributed by atoms with van der Waals surface area (Å²) in [4.78, 5) is 7.87. The van der Waals surface area contributed by atoms with Gasteiger partial charge in [0.2, 0.25) is 5.88 Å². The van der Waals surface area contributed by atoms with Crippen molar-refractivity contribution >= 4 is 23.1 Å². The van der Waals surface area contributed by atoms with Gasteiger partial charge in [-0.3, -0.25) is 0 Å². The molecule has 0 bridgehead atoms. The van der Waals surface area contributed by atoms with Crippen LogP contribution in [-0.4, -0.2) is 17.1 Å². The van der Waals surface area contributed by atoms with Gasteiger partial charge in [-0.15, -0.1) is 0 Å². The summed E-state index contributed by atoms with van der Waals surface area (Å²) in [6, 6.07) is 5.95. The van der Waals surface area contributed by atoms with E-state index in [4.69, 9.17) is 16.3 Å². The van der Waals surface area contributed by atoms with E-state index in [9.17, 15) is 4.39 Å². The minimum atomic E-state index is -0.461. The Hall–Kier alpha value is -1.88. The molecule has 1 aromatic heterocycles. The summed E-state index contributed by atoms with van der Waals surface area (Å²) in [7, 11) is 1.51. The van der Waals surface area contributed by atoms with E-state index >= 15 is 0 Å². The molecule has 2 aromatic rings. The summed E-state index contributed by atoms with van der Waals surface area (Å²) in [6.07, 6.45) is 1.37. The molecule has 1 aromatic carbocycles. The zero-order valence-corrected chi connectivity index (χ0v) is 9.70. The van der Waals surface area contributed by atoms with Crippen LogP contribution in [0.5, 0.6) is 5.88 Å². The van der Waals surface area contributed by atoms with Crippen molar-refractivity contribution in [2.24, 2.45) is 0 Å². The first kappa shape index (κ1) is 11.6. The quantitative estimate of drug-likeness (QED) is 0.913. The summed E-state index contributed by atoms with van der Waals surface area (Å²) in [5, 5.41) is 3.02. The topological polar surface area (TPSA) is 47.0 Å². The molecule has 0 saturated carbocycles. The zero-order valence-electron chi connectivity index (χ0n) is 8.95. The van der Waals surface area contributed by atoms with Crippen molar-refractivity contribution in [3.05, 3.63) is 41.4 Å². The maximum absolute atomic E-state index is 13.0. The van der Waals surface area contributed by atoms with Gasteiger partial charge in [-0.25, -0.2) is 14.4 Å². The van der Waals surface area contributed by atoms with Crippen molar-refractivity contribution in [1.82, 2.24) is 9.97 Å². The van der Waals surface area contributed by atoms with Crippen LogP contribution in [0.1, 0.15) is 0 Å². The van der Waals surface area contributed by atoms with Gasteiger partial charge in [0.25, 0.3) is 0 Å². The molecule has 0 spiro atoms. The third-order valence-electron chi connectivity index (χ3n) is 2.04. The fourth-order valence-corrected chi connectivity index (χ4v) is 1.42. The van der Waals surface area contributed by atoms with Crippen LogP contribution in [0.2, 0.25) is 5.02 Å². The molecule has 2 rings (SSSR count). The summed E-state index contributed by atoms with van der Waals surface area (Å²) in [6.45, 7) is 0. The highest BCUT2D eigenvalue weighted by Crippen LogP contribution is 2.22. The van der Waals surface area contributed by atoms with Crippen molar-refractivity contribution in [3.8, 4) is 5.88 Å². The van der Waals surface area contributed by atoms with E-state index in [-0.39, 0.29) is 5.02 Å². The Morgan fingerprint density at radius 3 is 2.82 bits per heavy atom. The van der Waals surface area contributed by atoms with E-state index in [1.54, 1.807) is 12.1 Å². The molecule has 0 saturated heterocycles. The van der Waals surface area contributed by atoms with Crippen LogP contribution >= 0.6 is 11.6 Å². The normalized spacial score (nSPS) is 10.1. The first-order valence-electron chi connectivity index (χ1n) is 4.77. The smallest absolute Gasteiger partial charge is 0.218 e. The number of halogens is 2. The Kier molecular flexibility index (Phi) is 3.39. The van der Waals surface area contributed by atoms with Crippen molar-refractivity contribution in [1.29, 1.82) is 0 Å². The number of aromatic nitrogens is 2. The second kappa shape index (κ2) is 4.97. The lowest BCUT2D eigenvalue weighted by Crippen LogP contribution is -1.96. The summed E-state index contributed by atoms with van der Waals surface area (Å²) in [5.41, 5.74) is 0.636. The van der Waals surface area contributed by atoms with Crippen LogP contribution in [0, 0.1) is 5.82 Å². The summed E-state index contributed by atoms with van der Waals surface area (Å²) < 4.78 is 17.9. The number of hydrogen-bond donors (Lipinski definition) is 1. The van der Waals surface area contributed by atoms with E-state index in [1.165, 1.54) is 25.6 Å². The highest BCUT2D eigenvalue weighted by molar-refractivity contribution is 6.31. The predicted octanol–water partition coefficient (Wildman–Crippen LogP) is 3.02. The van der Waals surface area contributed by atoms with Crippen LogP contribution in [-0.2, 0) is 0 Å². The maximum Gasteiger partial charge on any atom is 0.218 e. The molecule has 1 N–H and O–H groups in total. The summed E-state index contributed by atoms with van der Waals surface area (Å²) in [5.74, 6) is 0.521. The fraction of sp³-hybridized carbons (Fsp3) is 0.0909. The van der Waals surface area contributed by atoms with Gasteiger partial charge in [0.15, 0.2) is 0 Å². The number of benzene rings is 1. The van der Waals surface area contributed by atoms with Gasteiger partial charge in [0, 0.05) is 11.8 Å². The minimum Gasteiger partial charge on any atom is -0.481 e. The lowest BCUT2D eigenvalue weighted by atomic mass is 10.3. The second-order valence-electron chi connectivity index (χ2n) is 3.20. The molecule has 88 valence electrons. The Labute approximate surface area is 102 Å². The standard InChI is InChI=1S/C11H9ClFN3O/c1-17-11-5-10(14-6-15-11)16-7-2-3-9(13)8(12)4-7/h2-6H,1H3,(H,14,15,16). The van der Waals surface area contributed by atoms with Gasteiger partial charge in [-0.05, 0) is 18.2 Å². The molecule has 17 heavy (non-hydrogen) atoms. The van der Waals surface area contributed by atoms with Gasteiger partial charge in [0.05, 0.1) is 12.1 Å². The monoisotopic (exact) mass is 253 g/mol. The van der Waals surface area contributed by atoms with Gasteiger partial charge in [-0.2, -0.15) is 0 Å². The fourth-order valence-electron chi connectivity index (χ4n) is 1.24. The third-order valence-corrected chi connectivity index (χ3v) is 2.33. The largest absolute Gasteiger partial charge is 0.481 e. The number of rotatable bonds is 3. The number of methoxy groups -OCH3 is 1. The van der Waals surface area contributed by atoms with Gasteiger partial charge < -0.3 is 10.1 Å². The molecule has 0 aliphatic carbocycles. The Balaban J connectivity index is 2.22. The third kappa shape index (κ3) is 2.82. The lowest BCUT2D eigenvalue weighted by Gasteiger charge is -2.06. The molecule has 0 radical (unpaired) electrons. The van der Waals surface area contributed by atoms with Gasteiger partial charge in [0.1, 0.15) is 18.0 Å².